The second-order valence-electron chi connectivity index (χ2n) is 5.97. The Balaban J connectivity index is 1.82. The van der Waals surface area contributed by atoms with Crippen molar-refractivity contribution in [2.45, 2.75) is 13.0 Å². The van der Waals surface area contributed by atoms with E-state index in [9.17, 15) is 18.0 Å². The number of esters is 1. The number of aromatic nitrogens is 2. The Bertz CT molecular complexity index is 1170. The first-order chi connectivity index (χ1) is 12.7. The molecule has 1 unspecified atom stereocenters. The number of H-pyrrole nitrogens is 1. The molecule has 27 heavy (non-hydrogen) atoms. The first-order valence-electron chi connectivity index (χ1n) is 8.01. The lowest BCUT2D eigenvalue weighted by atomic mass is 10.2. The van der Waals surface area contributed by atoms with Crippen LogP contribution in [0.4, 0.5) is 5.69 Å². The highest BCUT2D eigenvalue weighted by atomic mass is 32.2. The molecular weight excluding hydrogens is 370 g/mol. The normalized spacial score (nSPS) is 12.5. The highest BCUT2D eigenvalue weighted by Gasteiger charge is 2.17. The maximum Gasteiger partial charge on any atom is 0.338 e. The van der Waals surface area contributed by atoms with Crippen molar-refractivity contribution in [1.82, 2.24) is 9.97 Å². The van der Waals surface area contributed by atoms with E-state index in [1.165, 1.54) is 24.3 Å². The lowest BCUT2D eigenvalue weighted by molar-refractivity contribution is 0.0320. The van der Waals surface area contributed by atoms with Crippen LogP contribution >= 0.6 is 0 Å². The number of nitrogens with zero attached hydrogens (tertiary/aromatic N) is 1. The average Bonchev–Trinajstić information content (AvgIpc) is 2.60. The number of hydrogen-bond donors (Lipinski definition) is 2. The first kappa shape index (κ1) is 18.6. The molecule has 2 N–H and O–H groups in total. The van der Waals surface area contributed by atoms with Crippen molar-refractivity contribution >= 4 is 32.6 Å². The predicted octanol–water partition coefficient (Wildman–Crippen LogP) is 2.21. The van der Waals surface area contributed by atoms with Gasteiger partial charge in [-0.05, 0) is 37.3 Å². The number of para-hydroxylation sites is 1. The Morgan fingerprint density at radius 2 is 1.93 bits per heavy atom. The van der Waals surface area contributed by atoms with E-state index >= 15 is 0 Å². The topological polar surface area (TPSA) is 118 Å². The smallest absolute Gasteiger partial charge is 0.338 e. The molecule has 0 aliphatic carbocycles. The summed E-state index contributed by atoms with van der Waals surface area (Å²) in [4.78, 5) is 31.4. The second-order valence-corrected chi connectivity index (χ2v) is 7.72. The monoisotopic (exact) mass is 387 g/mol. The van der Waals surface area contributed by atoms with Crippen LogP contribution in [0.25, 0.3) is 10.9 Å². The number of rotatable bonds is 5. The molecule has 3 rings (SSSR count). The molecule has 0 aliphatic rings. The largest absolute Gasteiger partial charge is 0.451 e. The molecule has 0 spiro atoms. The number of nitrogens with one attached hydrogen (secondary N) is 2. The third kappa shape index (κ3) is 4.50. The molecule has 0 saturated heterocycles. The summed E-state index contributed by atoms with van der Waals surface area (Å²) in [6.07, 6.45) is 0.211. The van der Waals surface area contributed by atoms with Crippen LogP contribution < -0.4 is 10.3 Å². The van der Waals surface area contributed by atoms with E-state index in [1.807, 2.05) is 0 Å². The summed E-state index contributed by atoms with van der Waals surface area (Å²) < 4.78 is 30.3. The molecule has 9 heteroatoms. The van der Waals surface area contributed by atoms with Gasteiger partial charge in [0.05, 0.1) is 22.7 Å². The number of carbonyl (C=O) groups is 1. The minimum absolute atomic E-state index is 0.165. The number of fused-ring (bicyclic) bond motifs is 1. The Hall–Kier alpha value is -3.20. The molecule has 3 aromatic rings. The molecular formula is C18H17N3O5S. The van der Waals surface area contributed by atoms with Crippen LogP contribution in [-0.4, -0.2) is 30.6 Å². The molecule has 1 aromatic heterocycles. The van der Waals surface area contributed by atoms with E-state index in [0.29, 0.717) is 10.9 Å². The van der Waals surface area contributed by atoms with Crippen LogP contribution in [0.2, 0.25) is 0 Å². The Morgan fingerprint density at radius 3 is 2.67 bits per heavy atom. The van der Waals surface area contributed by atoms with E-state index in [2.05, 4.69) is 14.7 Å². The number of carbonyl (C=O) groups excluding carboxylic acids is 1. The van der Waals surface area contributed by atoms with Crippen LogP contribution in [0.3, 0.4) is 0 Å². The number of hydrogen-bond acceptors (Lipinski definition) is 6. The van der Waals surface area contributed by atoms with Gasteiger partial charge in [-0.3, -0.25) is 9.52 Å². The van der Waals surface area contributed by atoms with E-state index in [4.69, 9.17) is 4.74 Å². The van der Waals surface area contributed by atoms with Gasteiger partial charge in [0.25, 0.3) is 5.56 Å². The van der Waals surface area contributed by atoms with Gasteiger partial charge in [-0.25, -0.2) is 18.2 Å². The van der Waals surface area contributed by atoms with Gasteiger partial charge in [0.15, 0.2) is 11.9 Å². The number of ether oxygens (including phenoxy) is 1. The lowest BCUT2D eigenvalue weighted by Gasteiger charge is -2.13. The van der Waals surface area contributed by atoms with Gasteiger partial charge in [-0.2, -0.15) is 0 Å². The van der Waals surface area contributed by atoms with E-state index < -0.39 is 22.1 Å². The van der Waals surface area contributed by atoms with Gasteiger partial charge in [0, 0.05) is 5.69 Å². The van der Waals surface area contributed by atoms with Gasteiger partial charge in [0.2, 0.25) is 10.0 Å². The molecule has 1 heterocycles. The number of sulfonamides is 1. The van der Waals surface area contributed by atoms with Gasteiger partial charge in [0.1, 0.15) is 0 Å². The molecule has 0 bridgehead atoms. The molecule has 2 aromatic carbocycles. The highest BCUT2D eigenvalue weighted by molar-refractivity contribution is 7.92. The first-order valence-corrected chi connectivity index (χ1v) is 9.90. The quantitative estimate of drug-likeness (QED) is 0.648. The Kier molecular flexibility index (Phi) is 4.95. The molecule has 0 aliphatic heterocycles. The fraction of sp³-hybridized carbons (Fsp3) is 0.167. The van der Waals surface area contributed by atoms with E-state index in [0.717, 1.165) is 6.26 Å². The van der Waals surface area contributed by atoms with Gasteiger partial charge < -0.3 is 9.72 Å². The minimum atomic E-state index is -3.46. The Morgan fingerprint density at radius 1 is 1.19 bits per heavy atom. The maximum absolute atomic E-state index is 12.4. The molecule has 0 saturated carbocycles. The third-order valence-corrected chi connectivity index (χ3v) is 4.31. The summed E-state index contributed by atoms with van der Waals surface area (Å²) in [7, 11) is -3.46. The van der Waals surface area contributed by atoms with Crippen molar-refractivity contribution < 1.29 is 17.9 Å². The van der Waals surface area contributed by atoms with Crippen LogP contribution in [0.5, 0.6) is 0 Å². The highest BCUT2D eigenvalue weighted by Crippen LogP contribution is 2.18. The minimum Gasteiger partial charge on any atom is -0.451 e. The lowest BCUT2D eigenvalue weighted by Crippen LogP contribution is -2.17. The summed E-state index contributed by atoms with van der Waals surface area (Å²) >= 11 is 0. The third-order valence-electron chi connectivity index (χ3n) is 3.70. The number of anilines is 1. The maximum atomic E-state index is 12.4. The molecule has 0 amide bonds. The summed E-state index contributed by atoms with van der Waals surface area (Å²) in [5.74, 6) is -0.451. The summed E-state index contributed by atoms with van der Waals surface area (Å²) in [6.45, 7) is 1.59. The number of benzene rings is 2. The van der Waals surface area contributed by atoms with Gasteiger partial charge in [-0.15, -0.1) is 0 Å². The number of aromatic amines is 1. The van der Waals surface area contributed by atoms with Crippen LogP contribution in [0.1, 0.15) is 29.2 Å². The summed E-state index contributed by atoms with van der Waals surface area (Å²) in [6, 6.07) is 12.8. The van der Waals surface area contributed by atoms with Gasteiger partial charge >= 0.3 is 5.97 Å². The van der Waals surface area contributed by atoms with Crippen LogP contribution in [-0.2, 0) is 14.8 Å². The zero-order chi connectivity index (χ0) is 19.6. The van der Waals surface area contributed by atoms with Crippen LogP contribution in [0.15, 0.2) is 53.3 Å². The molecule has 0 fully saturated rings. The fourth-order valence-corrected chi connectivity index (χ4v) is 3.06. The van der Waals surface area contributed by atoms with E-state index in [1.54, 1.807) is 31.2 Å². The summed E-state index contributed by atoms with van der Waals surface area (Å²) in [5.41, 5.74) is 0.590. The van der Waals surface area contributed by atoms with Crippen molar-refractivity contribution in [2.75, 3.05) is 11.0 Å². The Labute approximate surface area is 155 Å². The molecule has 140 valence electrons. The van der Waals surface area contributed by atoms with Crippen LogP contribution in [0, 0.1) is 0 Å². The molecule has 0 radical (unpaired) electrons. The summed E-state index contributed by atoms with van der Waals surface area (Å²) in [5, 5.41) is 0.444. The van der Waals surface area contributed by atoms with Crippen molar-refractivity contribution in [3.63, 3.8) is 0 Å². The fourth-order valence-electron chi connectivity index (χ4n) is 2.51. The van der Waals surface area contributed by atoms with Crippen molar-refractivity contribution in [2.24, 2.45) is 0 Å². The zero-order valence-electron chi connectivity index (χ0n) is 14.6. The van der Waals surface area contributed by atoms with Crippen molar-refractivity contribution in [3.05, 3.63) is 70.3 Å². The van der Waals surface area contributed by atoms with Gasteiger partial charge in [-0.1, -0.05) is 18.2 Å². The zero-order valence-corrected chi connectivity index (χ0v) is 15.4. The SMILES string of the molecule is CC(OC(=O)c1cccc(NS(C)(=O)=O)c1)c1nc2ccccc2c(=O)[nH]1. The molecule has 1 atom stereocenters. The standard InChI is InChI=1S/C18H17N3O5S/c1-11(16-19-15-9-4-3-8-14(15)17(22)20-16)26-18(23)12-6-5-7-13(10-12)21-27(2,24)25/h3-11,21H,1-2H3,(H,19,20,22). The molecule has 8 nitrogen and oxygen atoms in total. The predicted molar refractivity (Wildman–Crippen MR) is 101 cm³/mol. The van der Waals surface area contributed by atoms with E-state index in [-0.39, 0.29) is 22.6 Å². The van der Waals surface area contributed by atoms with Crippen molar-refractivity contribution in [1.29, 1.82) is 0 Å². The second kappa shape index (κ2) is 7.20. The van der Waals surface area contributed by atoms with Crippen molar-refractivity contribution in [3.8, 4) is 0 Å². The average molecular weight is 387 g/mol.